The molecule has 0 radical (unpaired) electrons. The Kier molecular flexibility index (Phi) is 5.33. The fourth-order valence-corrected chi connectivity index (χ4v) is 3.18. The molecule has 0 fully saturated rings. The molecule has 29 heavy (non-hydrogen) atoms. The highest BCUT2D eigenvalue weighted by molar-refractivity contribution is 5.90. The number of methoxy groups -OCH3 is 2. The van der Waals surface area contributed by atoms with Crippen molar-refractivity contribution in [2.45, 2.75) is 6.10 Å². The number of aromatic nitrogens is 1. The average Bonchev–Trinajstić information content (AvgIpc) is 2.74. The van der Waals surface area contributed by atoms with E-state index in [1.807, 2.05) is 0 Å². The highest BCUT2D eigenvalue weighted by atomic mass is 16.6. The molecule has 2 aromatic carbocycles. The molecule has 1 heterocycles. The van der Waals surface area contributed by atoms with Gasteiger partial charge in [0.25, 0.3) is 5.69 Å². The van der Waals surface area contributed by atoms with Crippen LogP contribution in [0, 0.1) is 10.1 Å². The Hall–Kier alpha value is -3.72. The Morgan fingerprint density at radius 1 is 1.17 bits per heavy atom. The Morgan fingerprint density at radius 2 is 1.90 bits per heavy atom. The predicted octanol–water partition coefficient (Wildman–Crippen LogP) is 2.32. The summed E-state index contributed by atoms with van der Waals surface area (Å²) in [4.78, 5) is 34.7. The molecule has 150 valence electrons. The van der Waals surface area contributed by atoms with Gasteiger partial charge >= 0.3 is 5.97 Å². The Labute approximate surface area is 164 Å². The number of hydrogen-bond donors (Lipinski definition) is 1. The van der Waals surface area contributed by atoms with Gasteiger partial charge < -0.3 is 19.1 Å². The van der Waals surface area contributed by atoms with Gasteiger partial charge in [0.1, 0.15) is 11.9 Å². The van der Waals surface area contributed by atoms with Crippen LogP contribution in [0.5, 0.6) is 5.75 Å². The van der Waals surface area contributed by atoms with Crippen molar-refractivity contribution in [3.63, 3.8) is 0 Å². The van der Waals surface area contributed by atoms with Crippen LogP contribution in [-0.4, -0.2) is 34.8 Å². The van der Waals surface area contributed by atoms with Gasteiger partial charge in [-0.05, 0) is 18.2 Å². The lowest BCUT2D eigenvalue weighted by Crippen LogP contribution is -2.16. The number of nitro groups is 1. The molecule has 1 N–H and O–H groups in total. The molecule has 3 aromatic rings. The van der Waals surface area contributed by atoms with Gasteiger partial charge in [-0.1, -0.05) is 6.07 Å². The number of aliphatic hydroxyl groups is 1. The summed E-state index contributed by atoms with van der Waals surface area (Å²) >= 11 is 0. The number of non-ortho nitro benzene ring substituents is 1. The summed E-state index contributed by atoms with van der Waals surface area (Å²) in [5.74, 6) is -0.305. The second kappa shape index (κ2) is 7.72. The van der Waals surface area contributed by atoms with Gasteiger partial charge in [-0.2, -0.15) is 0 Å². The molecule has 0 aliphatic carbocycles. The molecule has 0 saturated heterocycles. The minimum absolute atomic E-state index is 0.172. The summed E-state index contributed by atoms with van der Waals surface area (Å²) in [5, 5.41) is 22.1. The van der Waals surface area contributed by atoms with Crippen LogP contribution in [-0.2, 0) is 11.8 Å². The Bertz CT molecular complexity index is 1180. The molecule has 3 rings (SSSR count). The summed E-state index contributed by atoms with van der Waals surface area (Å²) in [6.45, 7) is 0. The zero-order valence-corrected chi connectivity index (χ0v) is 15.9. The fourth-order valence-electron chi connectivity index (χ4n) is 3.18. The number of benzene rings is 2. The van der Waals surface area contributed by atoms with Gasteiger partial charge in [0, 0.05) is 30.8 Å². The molecule has 9 nitrogen and oxygen atoms in total. The molecule has 1 aromatic heterocycles. The molecule has 9 heteroatoms. The number of rotatable bonds is 5. The van der Waals surface area contributed by atoms with Crippen LogP contribution in [0.3, 0.4) is 0 Å². The monoisotopic (exact) mass is 398 g/mol. The maximum Gasteiger partial charge on any atom is 0.337 e. The quantitative estimate of drug-likeness (QED) is 0.398. The van der Waals surface area contributed by atoms with Crippen LogP contribution in [0.25, 0.3) is 10.9 Å². The first-order valence-electron chi connectivity index (χ1n) is 8.51. The van der Waals surface area contributed by atoms with E-state index < -0.39 is 22.4 Å². The predicted molar refractivity (Wildman–Crippen MR) is 104 cm³/mol. The van der Waals surface area contributed by atoms with Crippen molar-refractivity contribution in [1.29, 1.82) is 0 Å². The molecule has 0 aliphatic rings. The maximum absolute atomic E-state index is 12.6. The summed E-state index contributed by atoms with van der Waals surface area (Å²) in [6.07, 6.45) is -1.24. The minimum atomic E-state index is -1.24. The SMILES string of the molecule is COC(=O)c1ccc(C(O)c2cc(=O)c3cc([N+](=O)[O-])ccc3n2C)c(OC)c1. The lowest BCUT2D eigenvalue weighted by Gasteiger charge is -2.20. The number of nitro benzene ring substituents is 1. The lowest BCUT2D eigenvalue weighted by atomic mass is 10.0. The average molecular weight is 398 g/mol. The van der Waals surface area contributed by atoms with Crippen LogP contribution in [0.2, 0.25) is 0 Å². The third kappa shape index (κ3) is 3.55. The molecule has 1 atom stereocenters. The summed E-state index contributed by atoms with van der Waals surface area (Å²) in [7, 11) is 4.29. The third-order valence-electron chi connectivity index (χ3n) is 4.71. The third-order valence-corrected chi connectivity index (χ3v) is 4.71. The van der Waals surface area contributed by atoms with Crippen molar-refractivity contribution in [3.05, 3.63) is 79.6 Å². The van der Waals surface area contributed by atoms with E-state index in [0.29, 0.717) is 11.1 Å². The summed E-state index contributed by atoms with van der Waals surface area (Å²) < 4.78 is 11.6. The van der Waals surface area contributed by atoms with Crippen LogP contribution in [0.15, 0.2) is 47.3 Å². The van der Waals surface area contributed by atoms with Gasteiger partial charge in [0.15, 0.2) is 5.43 Å². The summed E-state index contributed by atoms with van der Waals surface area (Å²) in [6, 6.07) is 9.62. The first kappa shape index (κ1) is 20.0. The van der Waals surface area contributed by atoms with Crippen LogP contribution < -0.4 is 10.2 Å². The number of hydrogen-bond acceptors (Lipinski definition) is 7. The van der Waals surface area contributed by atoms with E-state index >= 15 is 0 Å². The van der Waals surface area contributed by atoms with E-state index in [2.05, 4.69) is 4.74 Å². The topological polar surface area (TPSA) is 121 Å². The number of aliphatic hydroxyl groups excluding tert-OH is 1. The number of carbonyl (C=O) groups excluding carboxylic acids is 1. The van der Waals surface area contributed by atoms with Crippen LogP contribution >= 0.6 is 0 Å². The fraction of sp³-hybridized carbons (Fsp3) is 0.200. The zero-order valence-electron chi connectivity index (χ0n) is 15.9. The largest absolute Gasteiger partial charge is 0.496 e. The number of fused-ring (bicyclic) bond motifs is 1. The summed E-state index contributed by atoms with van der Waals surface area (Å²) in [5.41, 5.74) is 0.642. The number of esters is 1. The van der Waals surface area contributed by atoms with Crippen molar-refractivity contribution in [1.82, 2.24) is 4.57 Å². The normalized spacial score (nSPS) is 11.9. The molecule has 0 amide bonds. The number of pyridine rings is 1. The molecule has 0 saturated carbocycles. The first-order chi connectivity index (χ1) is 13.8. The Balaban J connectivity index is 2.14. The molecule has 0 bridgehead atoms. The van der Waals surface area contributed by atoms with Gasteiger partial charge in [0.2, 0.25) is 0 Å². The van der Waals surface area contributed by atoms with Gasteiger partial charge in [-0.25, -0.2) is 4.79 Å². The molecule has 0 aliphatic heterocycles. The second-order valence-electron chi connectivity index (χ2n) is 6.30. The van der Waals surface area contributed by atoms with Gasteiger partial charge in [-0.3, -0.25) is 14.9 Å². The van der Waals surface area contributed by atoms with E-state index in [1.54, 1.807) is 11.6 Å². The van der Waals surface area contributed by atoms with Crippen molar-refractivity contribution in [2.75, 3.05) is 14.2 Å². The van der Waals surface area contributed by atoms with Crippen molar-refractivity contribution < 1.29 is 24.3 Å². The molecular weight excluding hydrogens is 380 g/mol. The molecule has 0 spiro atoms. The molecular formula is C20H18N2O7. The van der Waals surface area contributed by atoms with Crippen molar-refractivity contribution in [3.8, 4) is 5.75 Å². The lowest BCUT2D eigenvalue weighted by molar-refractivity contribution is -0.384. The number of aryl methyl sites for hydroxylation is 1. The van der Waals surface area contributed by atoms with E-state index in [1.165, 1.54) is 56.7 Å². The minimum Gasteiger partial charge on any atom is -0.496 e. The number of nitrogens with zero attached hydrogens (tertiary/aromatic N) is 2. The molecule has 1 unspecified atom stereocenters. The van der Waals surface area contributed by atoms with Crippen molar-refractivity contribution >= 4 is 22.6 Å². The first-order valence-corrected chi connectivity index (χ1v) is 8.51. The van der Waals surface area contributed by atoms with Crippen LogP contribution in [0.1, 0.15) is 27.7 Å². The smallest absolute Gasteiger partial charge is 0.337 e. The maximum atomic E-state index is 12.6. The van der Waals surface area contributed by atoms with E-state index in [0.717, 1.165) is 0 Å². The van der Waals surface area contributed by atoms with Gasteiger partial charge in [-0.15, -0.1) is 0 Å². The van der Waals surface area contributed by atoms with Gasteiger partial charge in [0.05, 0.1) is 41.3 Å². The van der Waals surface area contributed by atoms with E-state index in [4.69, 9.17) is 4.74 Å². The standard InChI is InChI=1S/C20H18N2O7/c1-21-15-7-5-12(22(26)27)9-14(15)17(23)10-16(21)19(24)13-6-4-11(20(25)29-3)8-18(13)28-2/h4-10,19,24H,1-3H3. The van der Waals surface area contributed by atoms with E-state index in [9.17, 15) is 24.8 Å². The highest BCUT2D eigenvalue weighted by Crippen LogP contribution is 2.32. The van der Waals surface area contributed by atoms with Crippen LogP contribution in [0.4, 0.5) is 5.69 Å². The second-order valence-corrected chi connectivity index (χ2v) is 6.30. The number of carbonyl (C=O) groups is 1. The number of ether oxygens (including phenoxy) is 2. The van der Waals surface area contributed by atoms with Crippen molar-refractivity contribution in [2.24, 2.45) is 7.05 Å². The highest BCUT2D eigenvalue weighted by Gasteiger charge is 2.22. The zero-order chi connectivity index (χ0) is 21.3. The Morgan fingerprint density at radius 3 is 2.52 bits per heavy atom. The van der Waals surface area contributed by atoms with E-state index in [-0.39, 0.29) is 28.1 Å².